The van der Waals surface area contributed by atoms with Gasteiger partial charge in [0.15, 0.2) is 0 Å². The molecule has 0 aliphatic heterocycles. The third-order valence-corrected chi connectivity index (χ3v) is 2.85. The molecular formula is C12H16F3N. The van der Waals surface area contributed by atoms with Crippen molar-refractivity contribution in [1.82, 2.24) is 5.32 Å². The van der Waals surface area contributed by atoms with Gasteiger partial charge in [0.1, 0.15) is 0 Å². The molecule has 0 radical (unpaired) electrons. The summed E-state index contributed by atoms with van der Waals surface area (Å²) >= 11 is 0. The number of nitrogens with one attached hydrogen (secondary N) is 1. The Bertz CT molecular complexity index is 380. The summed E-state index contributed by atoms with van der Waals surface area (Å²) in [5, 5.41) is 3.08. The van der Waals surface area contributed by atoms with Gasteiger partial charge in [-0.1, -0.05) is 6.07 Å². The van der Waals surface area contributed by atoms with Gasteiger partial charge >= 0.3 is 6.18 Å². The van der Waals surface area contributed by atoms with E-state index in [2.05, 4.69) is 5.32 Å². The Hall–Kier alpha value is -1.03. The lowest BCUT2D eigenvalue weighted by Gasteiger charge is -2.27. The number of hydrogen-bond acceptors (Lipinski definition) is 1. The second kappa shape index (κ2) is 4.09. The van der Waals surface area contributed by atoms with E-state index in [1.807, 2.05) is 13.8 Å². The predicted octanol–water partition coefficient (Wildman–Crippen LogP) is 3.47. The summed E-state index contributed by atoms with van der Waals surface area (Å²) in [6.07, 6.45) is -4.27. The largest absolute Gasteiger partial charge is 0.416 e. The van der Waals surface area contributed by atoms with E-state index < -0.39 is 11.7 Å². The van der Waals surface area contributed by atoms with Crippen LogP contribution in [-0.2, 0) is 11.7 Å². The van der Waals surface area contributed by atoms with Crippen LogP contribution in [-0.4, -0.2) is 7.05 Å². The fourth-order valence-electron chi connectivity index (χ4n) is 1.68. The minimum absolute atomic E-state index is 0.325. The van der Waals surface area contributed by atoms with E-state index in [9.17, 15) is 13.2 Å². The first kappa shape index (κ1) is 13.0. The van der Waals surface area contributed by atoms with Crippen LogP contribution in [0.3, 0.4) is 0 Å². The molecule has 4 heteroatoms. The Morgan fingerprint density at radius 2 is 1.69 bits per heavy atom. The summed E-state index contributed by atoms with van der Waals surface area (Å²) in [4.78, 5) is 0. The molecule has 0 aliphatic carbocycles. The SMILES string of the molecule is CNC(C)(C)c1ccc(C(F)(F)F)cc1C. The Labute approximate surface area is 93.7 Å². The molecule has 0 atom stereocenters. The highest BCUT2D eigenvalue weighted by molar-refractivity contribution is 5.36. The van der Waals surface area contributed by atoms with E-state index in [0.717, 1.165) is 11.6 Å². The quantitative estimate of drug-likeness (QED) is 0.821. The molecule has 0 amide bonds. The molecule has 0 heterocycles. The summed E-state index contributed by atoms with van der Waals surface area (Å²) in [5.74, 6) is 0. The molecule has 1 aromatic rings. The van der Waals surface area contributed by atoms with Gasteiger partial charge < -0.3 is 5.32 Å². The Morgan fingerprint density at radius 3 is 2.06 bits per heavy atom. The van der Waals surface area contributed by atoms with Gasteiger partial charge in [0.05, 0.1) is 5.56 Å². The molecule has 0 saturated carbocycles. The van der Waals surface area contributed by atoms with Crippen molar-refractivity contribution >= 4 is 0 Å². The molecule has 0 aromatic heterocycles. The van der Waals surface area contributed by atoms with Crippen LogP contribution in [0.2, 0.25) is 0 Å². The van der Waals surface area contributed by atoms with Crippen molar-refractivity contribution in [2.24, 2.45) is 0 Å². The monoisotopic (exact) mass is 231 g/mol. The Kier molecular flexibility index (Phi) is 3.33. The third kappa shape index (κ3) is 2.55. The standard InChI is InChI=1S/C12H16F3N/c1-8-7-9(12(13,14)15)5-6-10(8)11(2,3)16-4/h5-7,16H,1-4H3. The second-order valence-corrected chi connectivity index (χ2v) is 4.40. The zero-order valence-corrected chi connectivity index (χ0v) is 9.87. The number of alkyl halides is 3. The van der Waals surface area contributed by atoms with Crippen LogP contribution in [0, 0.1) is 6.92 Å². The van der Waals surface area contributed by atoms with Crippen LogP contribution >= 0.6 is 0 Å². The summed E-state index contributed by atoms with van der Waals surface area (Å²) in [6.45, 7) is 5.56. The van der Waals surface area contributed by atoms with Crippen LogP contribution in [0.5, 0.6) is 0 Å². The normalized spacial score (nSPS) is 12.9. The first-order valence-corrected chi connectivity index (χ1v) is 5.05. The maximum Gasteiger partial charge on any atom is 0.416 e. The lowest BCUT2D eigenvalue weighted by atomic mass is 9.89. The summed E-state index contributed by atoms with van der Waals surface area (Å²) in [7, 11) is 1.79. The van der Waals surface area contributed by atoms with Gasteiger partial charge in [-0.3, -0.25) is 0 Å². The molecule has 0 saturated heterocycles. The van der Waals surface area contributed by atoms with E-state index in [4.69, 9.17) is 0 Å². The second-order valence-electron chi connectivity index (χ2n) is 4.40. The number of halogens is 3. The molecule has 16 heavy (non-hydrogen) atoms. The highest BCUT2D eigenvalue weighted by atomic mass is 19.4. The fraction of sp³-hybridized carbons (Fsp3) is 0.500. The van der Waals surface area contributed by atoms with Gasteiger partial charge in [-0.05, 0) is 51.1 Å². The fourth-order valence-corrected chi connectivity index (χ4v) is 1.68. The topological polar surface area (TPSA) is 12.0 Å². The Balaban J connectivity index is 3.20. The van der Waals surface area contributed by atoms with Crippen molar-refractivity contribution < 1.29 is 13.2 Å². The van der Waals surface area contributed by atoms with Crippen molar-refractivity contribution in [3.63, 3.8) is 0 Å². The van der Waals surface area contributed by atoms with Gasteiger partial charge in [-0.2, -0.15) is 13.2 Å². The van der Waals surface area contributed by atoms with E-state index in [-0.39, 0.29) is 5.54 Å². The van der Waals surface area contributed by atoms with Gasteiger partial charge in [-0.25, -0.2) is 0 Å². The van der Waals surface area contributed by atoms with Crippen molar-refractivity contribution in [3.05, 3.63) is 34.9 Å². The van der Waals surface area contributed by atoms with Crippen LogP contribution < -0.4 is 5.32 Å². The molecule has 1 N–H and O–H groups in total. The first-order valence-electron chi connectivity index (χ1n) is 5.05. The highest BCUT2D eigenvalue weighted by Gasteiger charge is 2.31. The number of hydrogen-bond donors (Lipinski definition) is 1. The summed E-state index contributed by atoms with van der Waals surface area (Å²) < 4.78 is 37.4. The zero-order chi connectivity index (χ0) is 12.6. The number of aryl methyl sites for hydroxylation is 1. The van der Waals surface area contributed by atoms with Crippen LogP contribution in [0.1, 0.15) is 30.5 Å². The van der Waals surface area contributed by atoms with Crippen molar-refractivity contribution in [2.45, 2.75) is 32.5 Å². The van der Waals surface area contributed by atoms with Crippen molar-refractivity contribution in [2.75, 3.05) is 7.05 Å². The van der Waals surface area contributed by atoms with E-state index in [1.165, 1.54) is 12.1 Å². The van der Waals surface area contributed by atoms with E-state index in [1.54, 1.807) is 14.0 Å². The average Bonchev–Trinajstić information content (AvgIpc) is 2.16. The lowest BCUT2D eigenvalue weighted by molar-refractivity contribution is -0.137. The van der Waals surface area contributed by atoms with Gasteiger partial charge in [0, 0.05) is 5.54 Å². The number of rotatable bonds is 2. The van der Waals surface area contributed by atoms with Gasteiger partial charge in [0.2, 0.25) is 0 Å². The number of benzene rings is 1. The highest BCUT2D eigenvalue weighted by Crippen LogP contribution is 2.32. The van der Waals surface area contributed by atoms with E-state index in [0.29, 0.717) is 5.56 Å². The molecule has 0 fully saturated rings. The molecule has 0 aliphatic rings. The molecule has 0 spiro atoms. The first-order chi connectivity index (χ1) is 7.18. The van der Waals surface area contributed by atoms with Crippen LogP contribution in [0.4, 0.5) is 13.2 Å². The maximum atomic E-state index is 12.5. The molecule has 1 aromatic carbocycles. The Morgan fingerprint density at radius 1 is 1.12 bits per heavy atom. The average molecular weight is 231 g/mol. The van der Waals surface area contributed by atoms with Crippen LogP contribution in [0.25, 0.3) is 0 Å². The molecule has 90 valence electrons. The van der Waals surface area contributed by atoms with Crippen molar-refractivity contribution in [1.29, 1.82) is 0 Å². The molecule has 1 rings (SSSR count). The predicted molar refractivity (Wildman–Crippen MR) is 58.3 cm³/mol. The lowest BCUT2D eigenvalue weighted by Crippen LogP contribution is -2.34. The third-order valence-electron chi connectivity index (χ3n) is 2.85. The minimum atomic E-state index is -4.27. The van der Waals surface area contributed by atoms with Crippen LogP contribution in [0.15, 0.2) is 18.2 Å². The van der Waals surface area contributed by atoms with Gasteiger partial charge in [0.25, 0.3) is 0 Å². The van der Waals surface area contributed by atoms with E-state index >= 15 is 0 Å². The summed E-state index contributed by atoms with van der Waals surface area (Å²) in [6, 6.07) is 3.85. The molecular weight excluding hydrogens is 215 g/mol. The molecule has 0 unspecified atom stereocenters. The maximum absolute atomic E-state index is 12.5. The molecule has 0 bridgehead atoms. The smallest absolute Gasteiger partial charge is 0.311 e. The van der Waals surface area contributed by atoms with Gasteiger partial charge in [-0.15, -0.1) is 0 Å². The zero-order valence-electron chi connectivity index (χ0n) is 9.87. The molecule has 1 nitrogen and oxygen atoms in total. The minimum Gasteiger partial charge on any atom is -0.311 e. The van der Waals surface area contributed by atoms with Crippen molar-refractivity contribution in [3.8, 4) is 0 Å². The summed E-state index contributed by atoms with van der Waals surface area (Å²) in [5.41, 5.74) is 0.603.